The largest absolute Gasteiger partial charge is 0.507 e. The maximum atomic E-state index is 13.0. The summed E-state index contributed by atoms with van der Waals surface area (Å²) in [6, 6.07) is 9.70. The molecular weight excluding hydrogens is 420 g/mol. The average Bonchev–Trinajstić information content (AvgIpc) is 3.45. The van der Waals surface area contributed by atoms with Crippen LogP contribution < -0.4 is 4.74 Å². The Morgan fingerprint density at radius 1 is 1.03 bits per heavy atom. The molecule has 0 aliphatic carbocycles. The molecule has 2 aromatic heterocycles. The SMILES string of the molecule is CCCOc1ccc(/C(O)=C2\C(=O)C(=O)N(CCCn3ccnc3)C2c2ccncc2)cc1. The van der Waals surface area contributed by atoms with Gasteiger partial charge in [-0.15, -0.1) is 0 Å². The fraction of sp³-hybridized carbons (Fsp3) is 0.280. The van der Waals surface area contributed by atoms with Crippen molar-refractivity contribution >= 4 is 17.4 Å². The topological polar surface area (TPSA) is 97.6 Å². The Kier molecular flexibility index (Phi) is 6.83. The van der Waals surface area contributed by atoms with Gasteiger partial charge in [0.2, 0.25) is 0 Å². The molecule has 4 rings (SSSR count). The number of aliphatic hydroxyl groups excluding tert-OH is 1. The first-order valence-corrected chi connectivity index (χ1v) is 11.0. The quantitative estimate of drug-likeness (QED) is 0.307. The first kappa shape index (κ1) is 22.3. The maximum Gasteiger partial charge on any atom is 0.295 e. The third-order valence-electron chi connectivity index (χ3n) is 5.54. The molecule has 1 aromatic carbocycles. The van der Waals surface area contributed by atoms with Gasteiger partial charge in [0.15, 0.2) is 0 Å². The van der Waals surface area contributed by atoms with Crippen molar-refractivity contribution in [2.75, 3.05) is 13.2 Å². The van der Waals surface area contributed by atoms with Crippen molar-refractivity contribution in [1.29, 1.82) is 0 Å². The standard InChI is InChI=1S/C25H26N4O4/c1-2-16-33-20-6-4-19(5-7-20)23(30)21-22(18-8-10-26-11-9-18)29(25(32)24(21)31)14-3-13-28-15-12-27-17-28/h4-12,15,17,22,30H,2-3,13-14,16H2,1H3/b23-21+. The van der Waals surface area contributed by atoms with E-state index in [1.165, 1.54) is 4.90 Å². The van der Waals surface area contributed by atoms with Gasteiger partial charge in [-0.25, -0.2) is 4.98 Å². The molecule has 1 atom stereocenters. The number of imidazole rings is 1. The molecule has 1 saturated heterocycles. The Labute approximate surface area is 192 Å². The second kappa shape index (κ2) is 10.1. The molecule has 8 heteroatoms. The summed E-state index contributed by atoms with van der Waals surface area (Å²) >= 11 is 0. The summed E-state index contributed by atoms with van der Waals surface area (Å²) in [5, 5.41) is 11.1. The van der Waals surface area contributed by atoms with Crippen LogP contribution in [-0.4, -0.2) is 49.4 Å². The molecule has 33 heavy (non-hydrogen) atoms. The van der Waals surface area contributed by atoms with E-state index in [2.05, 4.69) is 9.97 Å². The van der Waals surface area contributed by atoms with Crippen LogP contribution in [-0.2, 0) is 16.1 Å². The predicted molar refractivity (Wildman–Crippen MR) is 122 cm³/mol. The number of amides is 1. The van der Waals surface area contributed by atoms with Crippen molar-refractivity contribution in [1.82, 2.24) is 19.4 Å². The van der Waals surface area contributed by atoms with Gasteiger partial charge in [-0.3, -0.25) is 14.6 Å². The van der Waals surface area contributed by atoms with Crippen LogP contribution in [0.15, 0.2) is 73.1 Å². The maximum absolute atomic E-state index is 13.0. The van der Waals surface area contributed by atoms with Crippen LogP contribution in [0, 0.1) is 0 Å². The Hall–Kier alpha value is -3.94. The third kappa shape index (κ3) is 4.79. The molecule has 1 N–H and O–H groups in total. The number of pyridine rings is 1. The van der Waals surface area contributed by atoms with Gasteiger partial charge in [0.1, 0.15) is 11.5 Å². The zero-order valence-corrected chi connectivity index (χ0v) is 18.4. The molecule has 0 saturated carbocycles. The van der Waals surface area contributed by atoms with Gasteiger partial charge in [-0.2, -0.15) is 0 Å². The zero-order valence-electron chi connectivity index (χ0n) is 18.4. The summed E-state index contributed by atoms with van der Waals surface area (Å²) < 4.78 is 7.51. The summed E-state index contributed by atoms with van der Waals surface area (Å²) in [6.45, 7) is 3.63. The summed E-state index contributed by atoms with van der Waals surface area (Å²) in [5.74, 6) is -0.830. The summed E-state index contributed by atoms with van der Waals surface area (Å²) in [7, 11) is 0. The van der Waals surface area contributed by atoms with E-state index in [-0.39, 0.29) is 11.3 Å². The molecule has 0 spiro atoms. The molecule has 0 radical (unpaired) electrons. The van der Waals surface area contributed by atoms with Crippen molar-refractivity contribution < 1.29 is 19.4 Å². The number of aliphatic hydroxyl groups is 1. The highest BCUT2D eigenvalue weighted by atomic mass is 16.5. The Balaban J connectivity index is 1.66. The average molecular weight is 447 g/mol. The molecule has 1 aliphatic heterocycles. The molecule has 8 nitrogen and oxygen atoms in total. The number of nitrogens with zero attached hydrogens (tertiary/aromatic N) is 4. The Morgan fingerprint density at radius 2 is 1.79 bits per heavy atom. The number of Topliss-reactive ketones (excluding diaryl/α,β-unsaturated/α-hetero) is 1. The van der Waals surface area contributed by atoms with Crippen molar-refractivity contribution in [3.05, 3.63) is 84.2 Å². The van der Waals surface area contributed by atoms with E-state index in [1.54, 1.807) is 61.3 Å². The number of aromatic nitrogens is 3. The van der Waals surface area contributed by atoms with E-state index in [1.807, 2.05) is 17.7 Å². The van der Waals surface area contributed by atoms with Crippen LogP contribution in [0.25, 0.3) is 5.76 Å². The number of hydrogen-bond acceptors (Lipinski definition) is 6. The molecular formula is C25H26N4O4. The minimum atomic E-state index is -0.691. The molecule has 3 heterocycles. The lowest BCUT2D eigenvalue weighted by Crippen LogP contribution is -2.31. The van der Waals surface area contributed by atoms with E-state index in [0.717, 1.165) is 12.0 Å². The van der Waals surface area contributed by atoms with Crippen LogP contribution >= 0.6 is 0 Å². The van der Waals surface area contributed by atoms with Gasteiger partial charge < -0.3 is 19.3 Å². The number of hydrogen-bond donors (Lipinski definition) is 1. The van der Waals surface area contributed by atoms with Crippen molar-refractivity contribution in [3.8, 4) is 5.75 Å². The fourth-order valence-corrected chi connectivity index (χ4v) is 3.93. The fourth-order valence-electron chi connectivity index (χ4n) is 3.93. The van der Waals surface area contributed by atoms with Crippen LogP contribution in [0.5, 0.6) is 5.75 Å². The number of ether oxygens (including phenoxy) is 1. The number of rotatable bonds is 9. The smallest absolute Gasteiger partial charge is 0.295 e. The van der Waals surface area contributed by atoms with Crippen molar-refractivity contribution in [2.45, 2.75) is 32.4 Å². The number of benzene rings is 1. The lowest BCUT2D eigenvalue weighted by molar-refractivity contribution is -0.139. The highest BCUT2D eigenvalue weighted by Crippen LogP contribution is 2.39. The normalized spacial score (nSPS) is 17.5. The zero-order chi connectivity index (χ0) is 23.2. The molecule has 170 valence electrons. The monoisotopic (exact) mass is 446 g/mol. The molecule has 1 unspecified atom stereocenters. The van der Waals surface area contributed by atoms with Gasteiger partial charge in [-0.1, -0.05) is 6.92 Å². The summed E-state index contributed by atoms with van der Waals surface area (Å²) in [4.78, 5) is 35.6. The highest BCUT2D eigenvalue weighted by Gasteiger charge is 2.45. The van der Waals surface area contributed by atoms with Gasteiger partial charge in [0, 0.05) is 43.4 Å². The third-order valence-corrected chi connectivity index (χ3v) is 5.54. The second-order valence-electron chi connectivity index (χ2n) is 7.80. The predicted octanol–water partition coefficient (Wildman–Crippen LogP) is 3.58. The van der Waals surface area contributed by atoms with E-state index >= 15 is 0 Å². The molecule has 1 fully saturated rings. The summed E-state index contributed by atoms with van der Waals surface area (Å²) in [5.41, 5.74) is 1.25. The highest BCUT2D eigenvalue weighted by molar-refractivity contribution is 6.46. The van der Waals surface area contributed by atoms with E-state index in [0.29, 0.717) is 37.4 Å². The van der Waals surface area contributed by atoms with Gasteiger partial charge >= 0.3 is 0 Å². The number of likely N-dealkylation sites (tertiary alicyclic amines) is 1. The van der Waals surface area contributed by atoms with Gasteiger partial charge in [0.25, 0.3) is 11.7 Å². The van der Waals surface area contributed by atoms with Crippen LogP contribution in [0.2, 0.25) is 0 Å². The Bertz CT molecular complexity index is 1120. The molecule has 3 aromatic rings. The molecule has 0 bridgehead atoms. The second-order valence-corrected chi connectivity index (χ2v) is 7.80. The lowest BCUT2D eigenvalue weighted by Gasteiger charge is -2.25. The van der Waals surface area contributed by atoms with Gasteiger partial charge in [0.05, 0.1) is 24.5 Å². The van der Waals surface area contributed by atoms with Crippen LogP contribution in [0.1, 0.15) is 36.9 Å². The molecule has 1 amide bonds. The molecule has 1 aliphatic rings. The summed E-state index contributed by atoms with van der Waals surface area (Å²) in [6.07, 6.45) is 10.0. The van der Waals surface area contributed by atoms with E-state index < -0.39 is 17.7 Å². The number of carbonyl (C=O) groups excluding carboxylic acids is 2. The van der Waals surface area contributed by atoms with Crippen LogP contribution in [0.4, 0.5) is 0 Å². The first-order chi connectivity index (χ1) is 16.1. The number of ketones is 1. The number of carbonyl (C=O) groups is 2. The minimum absolute atomic E-state index is 0.0797. The Morgan fingerprint density at radius 3 is 2.45 bits per heavy atom. The minimum Gasteiger partial charge on any atom is -0.507 e. The van der Waals surface area contributed by atoms with E-state index in [4.69, 9.17) is 4.74 Å². The van der Waals surface area contributed by atoms with Crippen molar-refractivity contribution in [3.63, 3.8) is 0 Å². The van der Waals surface area contributed by atoms with Crippen molar-refractivity contribution in [2.24, 2.45) is 0 Å². The van der Waals surface area contributed by atoms with E-state index in [9.17, 15) is 14.7 Å². The number of aryl methyl sites for hydroxylation is 1. The van der Waals surface area contributed by atoms with Gasteiger partial charge in [-0.05, 0) is 54.8 Å². The first-order valence-electron chi connectivity index (χ1n) is 11.0. The van der Waals surface area contributed by atoms with Crippen LogP contribution in [0.3, 0.4) is 0 Å². The lowest BCUT2D eigenvalue weighted by atomic mass is 9.96.